The van der Waals surface area contributed by atoms with E-state index in [1.54, 1.807) is 12.1 Å². The minimum atomic E-state index is -0.247. The molecular formula is C24H23FN4. The number of hydrogen-bond donors (Lipinski definition) is 1. The van der Waals surface area contributed by atoms with Crippen LogP contribution in [0.1, 0.15) is 40.4 Å². The second-order valence-corrected chi connectivity index (χ2v) is 7.50. The molecule has 5 heteroatoms. The zero-order valence-corrected chi connectivity index (χ0v) is 16.6. The Morgan fingerprint density at radius 2 is 1.97 bits per heavy atom. The molecule has 1 heterocycles. The molecule has 2 aromatic carbocycles. The Kier molecular flexibility index (Phi) is 5.28. The van der Waals surface area contributed by atoms with Crippen LogP contribution in [0, 0.1) is 31.0 Å². The Balaban J connectivity index is 1.46. The van der Waals surface area contributed by atoms with Crippen molar-refractivity contribution < 1.29 is 4.39 Å². The number of halogens is 1. The summed E-state index contributed by atoms with van der Waals surface area (Å²) in [6, 6.07) is 16.6. The van der Waals surface area contributed by atoms with Crippen LogP contribution < -0.4 is 5.32 Å². The summed E-state index contributed by atoms with van der Waals surface area (Å²) < 4.78 is 15.1. The second-order valence-electron chi connectivity index (χ2n) is 7.50. The summed E-state index contributed by atoms with van der Waals surface area (Å²) in [5.74, 6) is 0.0515. The van der Waals surface area contributed by atoms with Crippen molar-refractivity contribution in [3.8, 4) is 11.8 Å². The van der Waals surface area contributed by atoms with Gasteiger partial charge in [-0.3, -0.25) is 0 Å². The first-order valence-electron chi connectivity index (χ1n) is 9.78. The number of hydrogen-bond acceptors (Lipinski definition) is 3. The number of nitrogens with one attached hydrogen (secondary N) is 1. The van der Waals surface area contributed by atoms with Crippen LogP contribution in [0.15, 0.2) is 60.7 Å². The largest absolute Gasteiger partial charge is 0.306 e. The van der Waals surface area contributed by atoms with Gasteiger partial charge in [-0.1, -0.05) is 24.3 Å². The van der Waals surface area contributed by atoms with Crippen molar-refractivity contribution in [1.82, 2.24) is 15.1 Å². The van der Waals surface area contributed by atoms with Gasteiger partial charge in [-0.05, 0) is 62.2 Å². The quantitative estimate of drug-likeness (QED) is 0.647. The minimum absolute atomic E-state index is 0.247. The van der Waals surface area contributed by atoms with Crippen LogP contribution in [-0.4, -0.2) is 15.8 Å². The van der Waals surface area contributed by atoms with Gasteiger partial charge >= 0.3 is 0 Å². The molecule has 0 fully saturated rings. The predicted octanol–water partition coefficient (Wildman–Crippen LogP) is 4.70. The summed E-state index contributed by atoms with van der Waals surface area (Å²) in [6.45, 7) is 4.83. The Labute approximate surface area is 170 Å². The fraction of sp³-hybridized carbons (Fsp3) is 0.250. The molecule has 0 saturated heterocycles. The highest BCUT2D eigenvalue weighted by atomic mass is 19.1. The summed E-state index contributed by atoms with van der Waals surface area (Å²) in [7, 11) is 0. The van der Waals surface area contributed by atoms with E-state index in [4.69, 9.17) is 10.4 Å². The average molecular weight is 386 g/mol. The van der Waals surface area contributed by atoms with E-state index in [9.17, 15) is 4.39 Å². The molecule has 0 saturated carbocycles. The molecule has 1 aromatic heterocycles. The summed E-state index contributed by atoms with van der Waals surface area (Å²) >= 11 is 0. The molecule has 1 aliphatic rings. The Morgan fingerprint density at radius 1 is 1.17 bits per heavy atom. The molecule has 1 aliphatic carbocycles. The minimum Gasteiger partial charge on any atom is -0.306 e. The highest BCUT2D eigenvalue weighted by Crippen LogP contribution is 2.34. The first kappa shape index (κ1) is 19.1. The number of nitrogens with zero attached hydrogens (tertiary/aromatic N) is 3. The number of rotatable bonds is 5. The molecular weight excluding hydrogens is 363 g/mol. The van der Waals surface area contributed by atoms with E-state index in [0.29, 0.717) is 11.5 Å². The third-order valence-corrected chi connectivity index (χ3v) is 5.50. The third-order valence-electron chi connectivity index (χ3n) is 5.50. The van der Waals surface area contributed by atoms with Gasteiger partial charge in [-0.15, -0.1) is 0 Å². The zero-order valence-electron chi connectivity index (χ0n) is 16.6. The van der Waals surface area contributed by atoms with E-state index >= 15 is 0 Å². The summed E-state index contributed by atoms with van der Waals surface area (Å²) in [5.41, 5.74) is 5.99. The Hall–Kier alpha value is -3.23. The fourth-order valence-electron chi connectivity index (χ4n) is 4.09. The number of allylic oxidation sites excluding steroid dienone is 1. The first-order valence-corrected chi connectivity index (χ1v) is 9.78. The molecule has 4 nitrogen and oxygen atoms in total. The molecule has 0 spiro atoms. The fourth-order valence-corrected chi connectivity index (χ4v) is 4.09. The first-order chi connectivity index (χ1) is 14.0. The number of nitriles is 1. The maximum Gasteiger partial charge on any atom is 0.123 e. The number of aryl methyl sites for hydroxylation is 1. The van der Waals surface area contributed by atoms with Crippen molar-refractivity contribution in [2.24, 2.45) is 0 Å². The highest BCUT2D eigenvalue weighted by molar-refractivity contribution is 5.41. The van der Waals surface area contributed by atoms with E-state index in [1.165, 1.54) is 17.7 Å². The molecule has 0 amide bonds. The number of benzene rings is 2. The molecule has 2 atom stereocenters. The molecule has 0 unspecified atom stereocenters. The maximum absolute atomic E-state index is 13.3. The van der Waals surface area contributed by atoms with Gasteiger partial charge in [0.25, 0.3) is 0 Å². The van der Waals surface area contributed by atoms with Crippen molar-refractivity contribution in [3.63, 3.8) is 0 Å². The van der Waals surface area contributed by atoms with Crippen LogP contribution in [0.5, 0.6) is 0 Å². The lowest BCUT2D eigenvalue weighted by Gasteiger charge is -2.15. The Morgan fingerprint density at radius 3 is 2.72 bits per heavy atom. The van der Waals surface area contributed by atoms with Crippen LogP contribution in [0.4, 0.5) is 4.39 Å². The molecule has 1 N–H and O–H groups in total. The van der Waals surface area contributed by atoms with Crippen LogP contribution in [0.2, 0.25) is 0 Å². The predicted molar refractivity (Wildman–Crippen MR) is 111 cm³/mol. The number of aromatic nitrogens is 2. The third kappa shape index (κ3) is 3.98. The molecule has 0 aliphatic heterocycles. The zero-order chi connectivity index (χ0) is 20.4. The van der Waals surface area contributed by atoms with Crippen molar-refractivity contribution in [2.45, 2.75) is 38.8 Å². The summed E-state index contributed by atoms with van der Waals surface area (Å²) in [4.78, 5) is 0. The lowest BCUT2D eigenvalue weighted by Crippen LogP contribution is -2.25. The van der Waals surface area contributed by atoms with Crippen LogP contribution >= 0.6 is 0 Å². The van der Waals surface area contributed by atoms with Gasteiger partial charge in [-0.2, -0.15) is 10.4 Å². The van der Waals surface area contributed by atoms with E-state index < -0.39 is 0 Å². The Bertz CT molecular complexity index is 1090. The lowest BCUT2D eigenvalue weighted by atomic mass is 9.96. The van der Waals surface area contributed by atoms with Crippen LogP contribution in [0.3, 0.4) is 0 Å². The van der Waals surface area contributed by atoms with E-state index in [1.807, 2.05) is 35.9 Å². The van der Waals surface area contributed by atoms with Gasteiger partial charge in [0.05, 0.1) is 23.0 Å². The second kappa shape index (κ2) is 8.02. The standard InChI is InChI=1S/C24H23FN4/c1-16-24(17(2)29(28-16)23-10-7-21(25)8-11-23)20-6-9-22(13-20)27-15-19-5-3-4-18(12-19)14-26/h3-12,20,22,27H,13,15H2,1-2H3/t20-,22-/m1/s1. The van der Waals surface area contributed by atoms with Gasteiger partial charge in [0, 0.05) is 29.8 Å². The van der Waals surface area contributed by atoms with Gasteiger partial charge in [0.15, 0.2) is 0 Å². The van der Waals surface area contributed by atoms with Crippen molar-refractivity contribution >= 4 is 0 Å². The molecule has 3 aromatic rings. The maximum atomic E-state index is 13.3. The molecule has 146 valence electrons. The normalized spacial score (nSPS) is 18.1. The lowest BCUT2D eigenvalue weighted by molar-refractivity contribution is 0.559. The van der Waals surface area contributed by atoms with Crippen molar-refractivity contribution in [2.75, 3.05) is 0 Å². The van der Waals surface area contributed by atoms with Crippen molar-refractivity contribution in [3.05, 3.63) is 94.6 Å². The van der Waals surface area contributed by atoms with E-state index in [2.05, 4.69) is 30.5 Å². The molecule has 0 bridgehead atoms. The molecule has 0 radical (unpaired) electrons. The van der Waals surface area contributed by atoms with Crippen LogP contribution in [-0.2, 0) is 6.54 Å². The van der Waals surface area contributed by atoms with Gasteiger partial charge < -0.3 is 5.32 Å². The van der Waals surface area contributed by atoms with E-state index in [-0.39, 0.29) is 11.9 Å². The van der Waals surface area contributed by atoms with Crippen LogP contribution in [0.25, 0.3) is 5.69 Å². The summed E-state index contributed by atoms with van der Waals surface area (Å²) in [5, 5.41) is 17.3. The van der Waals surface area contributed by atoms with Gasteiger partial charge in [0.1, 0.15) is 5.82 Å². The van der Waals surface area contributed by atoms with E-state index in [0.717, 1.165) is 35.6 Å². The summed E-state index contributed by atoms with van der Waals surface area (Å²) in [6.07, 6.45) is 5.43. The molecule has 4 rings (SSSR count). The monoisotopic (exact) mass is 386 g/mol. The molecule has 29 heavy (non-hydrogen) atoms. The highest BCUT2D eigenvalue weighted by Gasteiger charge is 2.26. The van der Waals surface area contributed by atoms with Gasteiger partial charge in [-0.25, -0.2) is 9.07 Å². The van der Waals surface area contributed by atoms with Crippen molar-refractivity contribution in [1.29, 1.82) is 5.26 Å². The smallest absolute Gasteiger partial charge is 0.123 e. The SMILES string of the molecule is Cc1nn(-c2ccc(F)cc2)c(C)c1[C@@H]1C=C[C@@H](NCc2cccc(C#N)c2)C1. The average Bonchev–Trinajstić information content (AvgIpc) is 3.31. The topological polar surface area (TPSA) is 53.6 Å². The van der Waals surface area contributed by atoms with Gasteiger partial charge in [0.2, 0.25) is 0 Å².